The molecule has 0 spiro atoms. The fraction of sp³-hybridized carbons (Fsp3) is 0. The normalized spacial score (nSPS) is 11.5. The molecule has 10 aromatic carbocycles. The van der Waals surface area contributed by atoms with Gasteiger partial charge in [0.1, 0.15) is 11.2 Å². The van der Waals surface area contributed by atoms with Crippen molar-refractivity contribution < 1.29 is 4.42 Å². The first kappa shape index (κ1) is 36.5. The highest BCUT2D eigenvalue weighted by Crippen LogP contribution is 2.42. The van der Waals surface area contributed by atoms with Gasteiger partial charge in [-0.15, -0.1) is 0 Å². The Bertz CT molecular complexity index is 3550. The number of nitrogens with zero attached hydrogens (tertiary/aromatic N) is 2. The SMILES string of the molecule is c1ccc(-c2cccc(N(c3ccc(-c4ccc(-c5ccc(-n6c7ccccc7c7ccccc76)cc5)cc4)cc3)c3cccc(-c4cccc5oc6ccccc6c45)c3)c2)cc1. The molecule has 0 aliphatic rings. The minimum absolute atomic E-state index is 0.892. The van der Waals surface area contributed by atoms with Gasteiger partial charge in [-0.05, 0) is 117 Å². The summed E-state index contributed by atoms with van der Waals surface area (Å²) in [6.07, 6.45) is 0. The van der Waals surface area contributed by atoms with E-state index in [-0.39, 0.29) is 0 Å². The maximum Gasteiger partial charge on any atom is 0.136 e. The molecular weight excluding hydrogens is 765 g/mol. The van der Waals surface area contributed by atoms with Crippen LogP contribution in [0, 0.1) is 0 Å². The zero-order valence-electron chi connectivity index (χ0n) is 34.4. The van der Waals surface area contributed by atoms with Crippen LogP contribution in [0.25, 0.3) is 93.9 Å². The molecule has 0 aliphatic carbocycles. The van der Waals surface area contributed by atoms with Crippen molar-refractivity contribution in [3.05, 3.63) is 243 Å². The third-order valence-electron chi connectivity index (χ3n) is 12.4. The summed E-state index contributed by atoms with van der Waals surface area (Å²) in [4.78, 5) is 2.36. The van der Waals surface area contributed by atoms with Gasteiger partial charge in [0.05, 0.1) is 11.0 Å². The Morgan fingerprint density at radius 2 is 0.762 bits per heavy atom. The minimum Gasteiger partial charge on any atom is -0.456 e. The van der Waals surface area contributed by atoms with Crippen LogP contribution in [0.1, 0.15) is 0 Å². The molecular formula is C60H40N2O. The van der Waals surface area contributed by atoms with E-state index in [0.717, 1.165) is 61.4 Å². The van der Waals surface area contributed by atoms with Gasteiger partial charge in [-0.25, -0.2) is 0 Å². The number of aromatic nitrogens is 1. The zero-order chi connectivity index (χ0) is 41.7. The van der Waals surface area contributed by atoms with Crippen molar-refractivity contribution >= 4 is 60.8 Å². The molecule has 0 amide bonds. The van der Waals surface area contributed by atoms with E-state index in [9.17, 15) is 0 Å². The van der Waals surface area contributed by atoms with E-state index in [1.165, 1.54) is 49.6 Å². The van der Waals surface area contributed by atoms with Crippen LogP contribution in [0.4, 0.5) is 17.1 Å². The summed E-state index contributed by atoms with van der Waals surface area (Å²) in [6, 6.07) is 87.1. The fourth-order valence-electron chi connectivity index (χ4n) is 9.39. The molecule has 0 bridgehead atoms. The lowest BCUT2D eigenvalue weighted by atomic mass is 9.98. The van der Waals surface area contributed by atoms with E-state index in [2.05, 4.69) is 240 Å². The molecule has 12 aromatic rings. The van der Waals surface area contributed by atoms with Crippen LogP contribution in [-0.4, -0.2) is 4.57 Å². The second-order valence-corrected chi connectivity index (χ2v) is 16.1. The van der Waals surface area contributed by atoms with Gasteiger partial charge in [0, 0.05) is 44.3 Å². The van der Waals surface area contributed by atoms with E-state index in [1.807, 2.05) is 12.1 Å². The van der Waals surface area contributed by atoms with Crippen molar-refractivity contribution in [1.29, 1.82) is 0 Å². The Balaban J connectivity index is 0.878. The fourth-order valence-corrected chi connectivity index (χ4v) is 9.39. The average Bonchev–Trinajstić information content (AvgIpc) is 3.91. The Morgan fingerprint density at radius 1 is 0.302 bits per heavy atom. The summed E-state index contributed by atoms with van der Waals surface area (Å²) in [7, 11) is 0. The summed E-state index contributed by atoms with van der Waals surface area (Å²) in [5, 5.41) is 4.80. The van der Waals surface area contributed by atoms with Crippen molar-refractivity contribution in [2.45, 2.75) is 0 Å². The van der Waals surface area contributed by atoms with Crippen LogP contribution in [0.2, 0.25) is 0 Å². The summed E-state index contributed by atoms with van der Waals surface area (Å²) >= 11 is 0. The lowest BCUT2D eigenvalue weighted by molar-refractivity contribution is 0.669. The van der Waals surface area contributed by atoms with Crippen LogP contribution < -0.4 is 4.90 Å². The molecule has 0 N–H and O–H groups in total. The molecule has 2 heterocycles. The van der Waals surface area contributed by atoms with Gasteiger partial charge in [-0.1, -0.05) is 170 Å². The zero-order valence-corrected chi connectivity index (χ0v) is 34.4. The van der Waals surface area contributed by atoms with Crippen LogP contribution in [0.3, 0.4) is 0 Å². The van der Waals surface area contributed by atoms with Gasteiger partial charge in [-0.2, -0.15) is 0 Å². The van der Waals surface area contributed by atoms with E-state index >= 15 is 0 Å². The predicted molar refractivity (Wildman–Crippen MR) is 264 cm³/mol. The molecule has 12 rings (SSSR count). The molecule has 0 saturated heterocycles. The number of hydrogen-bond donors (Lipinski definition) is 0. The van der Waals surface area contributed by atoms with E-state index in [4.69, 9.17) is 4.42 Å². The molecule has 2 aromatic heterocycles. The maximum atomic E-state index is 6.29. The van der Waals surface area contributed by atoms with Crippen molar-refractivity contribution in [3.63, 3.8) is 0 Å². The van der Waals surface area contributed by atoms with Gasteiger partial charge in [0.25, 0.3) is 0 Å². The third kappa shape index (κ3) is 6.46. The van der Waals surface area contributed by atoms with E-state index < -0.39 is 0 Å². The van der Waals surface area contributed by atoms with Gasteiger partial charge in [0.15, 0.2) is 0 Å². The van der Waals surface area contributed by atoms with Gasteiger partial charge >= 0.3 is 0 Å². The molecule has 3 heteroatoms. The van der Waals surface area contributed by atoms with Crippen LogP contribution in [0.15, 0.2) is 247 Å². The standard InChI is InChI=1S/C60H40N2O/c1-2-13-41(14-3-1)46-15-10-17-50(39-46)61(51-18-11-16-47(40-51)52-22-12-26-59-60(52)55-21-6-9-25-58(55)63-59)48-35-31-44(32-36-48)42-27-29-43(30-28-42)45-33-37-49(38-34-45)62-56-23-7-4-19-53(56)54-20-5-8-24-57(54)62/h1-40H. The molecule has 0 unspecified atom stereocenters. The molecule has 0 fully saturated rings. The lowest BCUT2D eigenvalue weighted by Gasteiger charge is -2.27. The number of rotatable bonds is 8. The number of furan rings is 1. The topological polar surface area (TPSA) is 21.3 Å². The Labute approximate surface area is 366 Å². The summed E-state index contributed by atoms with van der Waals surface area (Å²) < 4.78 is 8.66. The number of fused-ring (bicyclic) bond motifs is 6. The quantitative estimate of drug-likeness (QED) is 0.153. The van der Waals surface area contributed by atoms with E-state index in [1.54, 1.807) is 0 Å². The first-order chi connectivity index (χ1) is 31.2. The second-order valence-electron chi connectivity index (χ2n) is 16.1. The Morgan fingerprint density at radius 3 is 1.41 bits per heavy atom. The number of para-hydroxylation sites is 3. The molecule has 0 aliphatic heterocycles. The Kier molecular flexibility index (Phi) is 8.83. The first-order valence-electron chi connectivity index (χ1n) is 21.5. The van der Waals surface area contributed by atoms with Gasteiger partial charge < -0.3 is 13.9 Å². The van der Waals surface area contributed by atoms with Crippen molar-refractivity contribution in [3.8, 4) is 50.2 Å². The minimum atomic E-state index is 0.892. The van der Waals surface area contributed by atoms with Crippen LogP contribution in [-0.2, 0) is 0 Å². The molecule has 0 atom stereocenters. The Hall–Kier alpha value is -8.40. The largest absolute Gasteiger partial charge is 0.456 e. The summed E-state index contributed by atoms with van der Waals surface area (Å²) in [5.41, 5.74) is 18.0. The highest BCUT2D eigenvalue weighted by molar-refractivity contribution is 6.12. The molecule has 0 saturated carbocycles. The van der Waals surface area contributed by atoms with Gasteiger partial charge in [0.2, 0.25) is 0 Å². The molecule has 296 valence electrons. The molecule has 63 heavy (non-hydrogen) atoms. The molecule has 0 radical (unpaired) electrons. The summed E-state index contributed by atoms with van der Waals surface area (Å²) in [5.74, 6) is 0. The van der Waals surface area contributed by atoms with Crippen molar-refractivity contribution in [2.75, 3.05) is 4.90 Å². The first-order valence-corrected chi connectivity index (χ1v) is 21.5. The number of hydrogen-bond acceptors (Lipinski definition) is 2. The highest BCUT2D eigenvalue weighted by atomic mass is 16.3. The third-order valence-corrected chi connectivity index (χ3v) is 12.4. The van der Waals surface area contributed by atoms with Crippen LogP contribution >= 0.6 is 0 Å². The van der Waals surface area contributed by atoms with Crippen LogP contribution in [0.5, 0.6) is 0 Å². The maximum absolute atomic E-state index is 6.29. The van der Waals surface area contributed by atoms with Crippen molar-refractivity contribution in [2.24, 2.45) is 0 Å². The average molecular weight is 805 g/mol. The van der Waals surface area contributed by atoms with E-state index in [0.29, 0.717) is 0 Å². The monoisotopic (exact) mass is 804 g/mol. The highest BCUT2D eigenvalue weighted by Gasteiger charge is 2.18. The van der Waals surface area contributed by atoms with Crippen molar-refractivity contribution in [1.82, 2.24) is 4.57 Å². The predicted octanol–water partition coefficient (Wildman–Crippen LogP) is 16.8. The number of anilines is 3. The summed E-state index contributed by atoms with van der Waals surface area (Å²) in [6.45, 7) is 0. The number of benzene rings is 10. The molecule has 3 nitrogen and oxygen atoms in total. The lowest BCUT2D eigenvalue weighted by Crippen LogP contribution is -2.10. The van der Waals surface area contributed by atoms with Gasteiger partial charge in [-0.3, -0.25) is 0 Å². The smallest absolute Gasteiger partial charge is 0.136 e. The second kappa shape index (κ2) is 15.3.